The molecule has 0 radical (unpaired) electrons. The van der Waals surface area contributed by atoms with Gasteiger partial charge in [-0.1, -0.05) is 11.3 Å². The van der Waals surface area contributed by atoms with Crippen molar-refractivity contribution in [3.05, 3.63) is 23.0 Å². The van der Waals surface area contributed by atoms with E-state index in [1.165, 1.54) is 31.2 Å². The molecule has 1 aliphatic rings. The highest BCUT2D eigenvalue weighted by atomic mass is 32.2. The van der Waals surface area contributed by atoms with Gasteiger partial charge in [0.2, 0.25) is 15.4 Å². The Morgan fingerprint density at radius 2 is 2.08 bits per heavy atom. The van der Waals surface area contributed by atoms with Crippen LogP contribution in [0.15, 0.2) is 10.4 Å². The number of amides is 1. The minimum atomic E-state index is -3.73. The first kappa shape index (κ1) is 18.0. The molecule has 2 aromatic rings. The summed E-state index contributed by atoms with van der Waals surface area (Å²) in [6.45, 7) is 5.78. The van der Waals surface area contributed by atoms with Gasteiger partial charge < -0.3 is 9.88 Å². The van der Waals surface area contributed by atoms with Gasteiger partial charge in [0.1, 0.15) is 0 Å². The van der Waals surface area contributed by atoms with E-state index < -0.39 is 10.0 Å². The minimum absolute atomic E-state index is 0.153. The zero-order valence-electron chi connectivity index (χ0n) is 14.4. The number of carbonyl (C=O) groups excluding carboxylic acids is 1. The average Bonchev–Trinajstić information content (AvgIpc) is 3.15. The fourth-order valence-corrected chi connectivity index (χ4v) is 4.91. The molecule has 0 aliphatic heterocycles. The second kappa shape index (κ2) is 6.85. The van der Waals surface area contributed by atoms with E-state index in [0.717, 1.165) is 16.9 Å². The molecule has 0 saturated heterocycles. The van der Waals surface area contributed by atoms with E-state index in [1.54, 1.807) is 0 Å². The van der Waals surface area contributed by atoms with Gasteiger partial charge in [0.15, 0.2) is 0 Å². The largest absolute Gasteiger partial charge is 0.346 e. The Hall–Kier alpha value is -1.78. The van der Waals surface area contributed by atoms with Gasteiger partial charge in [0, 0.05) is 30.9 Å². The van der Waals surface area contributed by atoms with Crippen LogP contribution in [0.3, 0.4) is 0 Å². The number of nitrogens with one attached hydrogen (secondary N) is 2. The van der Waals surface area contributed by atoms with Gasteiger partial charge in [-0.05, 0) is 44.7 Å². The van der Waals surface area contributed by atoms with Crippen LogP contribution in [-0.2, 0) is 21.2 Å². The van der Waals surface area contributed by atoms with E-state index >= 15 is 0 Å². The molecule has 0 aromatic carbocycles. The number of rotatable bonds is 7. The molecule has 1 amide bonds. The van der Waals surface area contributed by atoms with Crippen molar-refractivity contribution in [2.75, 3.05) is 11.9 Å². The lowest BCUT2D eigenvalue weighted by molar-refractivity contribution is -0.114. The van der Waals surface area contributed by atoms with E-state index in [1.807, 2.05) is 0 Å². The number of aromatic nitrogens is 3. The van der Waals surface area contributed by atoms with Gasteiger partial charge in [0.25, 0.3) is 10.0 Å². The zero-order valence-corrected chi connectivity index (χ0v) is 16.0. The van der Waals surface area contributed by atoms with Crippen LogP contribution in [0, 0.1) is 13.8 Å². The SMILES string of the molecule is CC(=O)Nc1nnc(S(=O)(=O)NCCc2cc(C)n(C3CC3)c2C)s1. The molecule has 2 aromatic heterocycles. The second-order valence-electron chi connectivity index (χ2n) is 6.20. The smallest absolute Gasteiger partial charge is 0.269 e. The van der Waals surface area contributed by atoms with Crippen molar-refractivity contribution in [1.29, 1.82) is 0 Å². The normalized spacial score (nSPS) is 14.7. The van der Waals surface area contributed by atoms with E-state index in [-0.39, 0.29) is 21.9 Å². The Morgan fingerprint density at radius 1 is 1.36 bits per heavy atom. The maximum atomic E-state index is 12.3. The van der Waals surface area contributed by atoms with Gasteiger partial charge in [-0.2, -0.15) is 0 Å². The Bertz CT molecular complexity index is 896. The summed E-state index contributed by atoms with van der Waals surface area (Å²) in [5.74, 6) is -0.320. The molecule has 0 atom stereocenters. The highest BCUT2D eigenvalue weighted by Gasteiger charge is 2.27. The summed E-state index contributed by atoms with van der Waals surface area (Å²) in [5.41, 5.74) is 3.59. The molecule has 8 nitrogen and oxygen atoms in total. The molecule has 1 saturated carbocycles. The first-order valence-corrected chi connectivity index (χ1v) is 10.4. The van der Waals surface area contributed by atoms with Gasteiger partial charge in [0.05, 0.1) is 0 Å². The summed E-state index contributed by atoms with van der Waals surface area (Å²) in [7, 11) is -3.73. The molecule has 2 N–H and O–H groups in total. The van der Waals surface area contributed by atoms with Crippen LogP contribution in [0.1, 0.15) is 42.8 Å². The predicted octanol–water partition coefficient (Wildman–Crippen LogP) is 1.77. The fourth-order valence-electron chi connectivity index (χ4n) is 2.89. The number of hydrogen-bond donors (Lipinski definition) is 2. The van der Waals surface area contributed by atoms with Crippen molar-refractivity contribution in [1.82, 2.24) is 19.5 Å². The lowest BCUT2D eigenvalue weighted by atomic mass is 10.2. The second-order valence-corrected chi connectivity index (χ2v) is 9.12. The number of sulfonamides is 1. The van der Waals surface area contributed by atoms with Crippen LogP contribution in [0.2, 0.25) is 0 Å². The van der Waals surface area contributed by atoms with Crippen LogP contribution in [0.4, 0.5) is 5.13 Å². The van der Waals surface area contributed by atoms with Crippen LogP contribution in [0.25, 0.3) is 0 Å². The van der Waals surface area contributed by atoms with Gasteiger partial charge in [-0.25, -0.2) is 13.1 Å². The molecule has 0 spiro atoms. The Labute approximate surface area is 150 Å². The molecule has 1 fully saturated rings. The molecule has 25 heavy (non-hydrogen) atoms. The summed E-state index contributed by atoms with van der Waals surface area (Å²) in [6.07, 6.45) is 3.05. The minimum Gasteiger partial charge on any atom is -0.346 e. The first-order valence-electron chi connectivity index (χ1n) is 8.06. The summed E-state index contributed by atoms with van der Waals surface area (Å²) in [6, 6.07) is 2.74. The van der Waals surface area contributed by atoms with E-state index in [2.05, 4.69) is 44.7 Å². The lowest BCUT2D eigenvalue weighted by Gasteiger charge is -2.08. The predicted molar refractivity (Wildman–Crippen MR) is 95.3 cm³/mol. The molecular formula is C15H21N5O3S2. The van der Waals surface area contributed by atoms with Crippen molar-refractivity contribution in [3.63, 3.8) is 0 Å². The Morgan fingerprint density at radius 3 is 2.72 bits per heavy atom. The molecule has 136 valence electrons. The van der Waals surface area contributed by atoms with Crippen molar-refractivity contribution < 1.29 is 13.2 Å². The molecule has 2 heterocycles. The molecular weight excluding hydrogens is 362 g/mol. The molecule has 3 rings (SSSR count). The van der Waals surface area contributed by atoms with Crippen LogP contribution in [-0.4, -0.2) is 35.6 Å². The monoisotopic (exact) mass is 383 g/mol. The van der Waals surface area contributed by atoms with Gasteiger partial charge in [-0.3, -0.25) is 4.79 Å². The third kappa shape index (κ3) is 4.07. The topological polar surface area (TPSA) is 106 Å². The lowest BCUT2D eigenvalue weighted by Crippen LogP contribution is -2.26. The van der Waals surface area contributed by atoms with Crippen LogP contribution in [0.5, 0.6) is 0 Å². The third-order valence-electron chi connectivity index (χ3n) is 4.11. The van der Waals surface area contributed by atoms with E-state index in [9.17, 15) is 13.2 Å². The maximum absolute atomic E-state index is 12.3. The van der Waals surface area contributed by atoms with Crippen molar-refractivity contribution in [3.8, 4) is 0 Å². The number of aryl methyl sites for hydroxylation is 1. The molecule has 1 aliphatic carbocycles. The van der Waals surface area contributed by atoms with Crippen LogP contribution < -0.4 is 10.0 Å². The van der Waals surface area contributed by atoms with E-state index in [4.69, 9.17) is 0 Å². The summed E-state index contributed by atoms with van der Waals surface area (Å²) in [5, 5.41) is 9.88. The quantitative estimate of drug-likeness (QED) is 0.709. The number of carbonyl (C=O) groups is 1. The molecule has 0 bridgehead atoms. The van der Waals surface area contributed by atoms with Crippen molar-refractivity contribution in [2.45, 2.75) is 50.4 Å². The number of anilines is 1. The molecule has 0 unspecified atom stereocenters. The fraction of sp³-hybridized carbons (Fsp3) is 0.533. The highest BCUT2D eigenvalue weighted by Crippen LogP contribution is 2.38. The maximum Gasteiger partial charge on any atom is 0.269 e. The van der Waals surface area contributed by atoms with Gasteiger partial charge in [-0.15, -0.1) is 10.2 Å². The summed E-state index contributed by atoms with van der Waals surface area (Å²) in [4.78, 5) is 11.0. The average molecular weight is 383 g/mol. The summed E-state index contributed by atoms with van der Waals surface area (Å²) >= 11 is 0.828. The Balaban J connectivity index is 1.62. The third-order valence-corrected chi connectivity index (χ3v) is 6.77. The first-order chi connectivity index (χ1) is 11.8. The van der Waals surface area contributed by atoms with Gasteiger partial charge >= 0.3 is 0 Å². The van der Waals surface area contributed by atoms with Crippen molar-refractivity contribution in [2.24, 2.45) is 0 Å². The van der Waals surface area contributed by atoms with Crippen LogP contribution >= 0.6 is 11.3 Å². The number of nitrogens with zero attached hydrogens (tertiary/aromatic N) is 3. The zero-order chi connectivity index (χ0) is 18.2. The highest BCUT2D eigenvalue weighted by molar-refractivity contribution is 7.91. The Kier molecular flexibility index (Phi) is 4.94. The standard InChI is InChI=1S/C15H21N5O3S2/c1-9-8-12(10(2)20(9)13-4-5-13)6-7-16-25(22,23)15-19-18-14(24-15)17-11(3)21/h8,13,16H,4-7H2,1-3H3,(H,17,18,21). The van der Waals surface area contributed by atoms with E-state index in [0.29, 0.717) is 12.5 Å². The number of hydrogen-bond acceptors (Lipinski definition) is 6. The summed E-state index contributed by atoms with van der Waals surface area (Å²) < 4.78 is 29.3. The molecule has 10 heteroatoms. The van der Waals surface area contributed by atoms with Crippen molar-refractivity contribution >= 4 is 32.4 Å².